The molecule has 0 aromatic carbocycles. The number of thiophene rings is 1. The molecule has 66 valence electrons. The van der Waals surface area contributed by atoms with Crippen molar-refractivity contribution in [2.24, 2.45) is 0 Å². The van der Waals surface area contributed by atoms with Crippen LogP contribution in [0.4, 0.5) is 0 Å². The SMILES string of the molecule is O=C(Oc1cnc[nH]1)c1cccs1. The van der Waals surface area contributed by atoms with Crippen molar-refractivity contribution in [2.75, 3.05) is 0 Å². The summed E-state index contributed by atoms with van der Waals surface area (Å²) in [6, 6.07) is 3.51. The average molecular weight is 194 g/mol. The van der Waals surface area contributed by atoms with Gasteiger partial charge in [-0.3, -0.25) is 0 Å². The molecule has 5 heteroatoms. The summed E-state index contributed by atoms with van der Waals surface area (Å²) >= 11 is 1.34. The van der Waals surface area contributed by atoms with Crippen molar-refractivity contribution in [3.05, 3.63) is 34.9 Å². The average Bonchev–Trinajstić information content (AvgIpc) is 2.74. The van der Waals surface area contributed by atoms with Gasteiger partial charge in [0.2, 0.25) is 5.88 Å². The Bertz CT molecular complexity index is 380. The number of hydrogen-bond donors (Lipinski definition) is 1. The molecule has 0 spiro atoms. The summed E-state index contributed by atoms with van der Waals surface area (Å²) in [6.45, 7) is 0. The lowest BCUT2D eigenvalue weighted by Crippen LogP contribution is -2.06. The van der Waals surface area contributed by atoms with Gasteiger partial charge in [-0.2, -0.15) is 0 Å². The van der Waals surface area contributed by atoms with Crippen LogP contribution in [0.5, 0.6) is 5.88 Å². The van der Waals surface area contributed by atoms with Crippen molar-refractivity contribution in [3.63, 3.8) is 0 Å². The molecule has 0 bridgehead atoms. The fourth-order valence-corrected chi connectivity index (χ4v) is 1.44. The molecule has 0 fully saturated rings. The number of H-pyrrole nitrogens is 1. The van der Waals surface area contributed by atoms with Crippen molar-refractivity contribution in [3.8, 4) is 5.88 Å². The van der Waals surface area contributed by atoms with E-state index in [1.165, 1.54) is 23.9 Å². The summed E-state index contributed by atoms with van der Waals surface area (Å²) in [7, 11) is 0. The Labute approximate surface area is 78.2 Å². The fraction of sp³-hybridized carbons (Fsp3) is 0. The molecule has 0 radical (unpaired) electrons. The van der Waals surface area contributed by atoms with Crippen LogP contribution in [0.25, 0.3) is 0 Å². The maximum Gasteiger partial charge on any atom is 0.355 e. The largest absolute Gasteiger partial charge is 0.404 e. The second-order valence-corrected chi connectivity index (χ2v) is 3.23. The van der Waals surface area contributed by atoms with Gasteiger partial charge in [0, 0.05) is 0 Å². The van der Waals surface area contributed by atoms with Crippen LogP contribution >= 0.6 is 11.3 Å². The molecule has 2 aromatic rings. The highest BCUT2D eigenvalue weighted by Crippen LogP contribution is 2.12. The quantitative estimate of drug-likeness (QED) is 0.740. The van der Waals surface area contributed by atoms with E-state index >= 15 is 0 Å². The normalized spacial score (nSPS) is 9.85. The maximum absolute atomic E-state index is 11.3. The molecule has 0 aliphatic heterocycles. The Kier molecular flexibility index (Phi) is 2.09. The number of aromatic nitrogens is 2. The molecular formula is C8H6N2O2S. The zero-order chi connectivity index (χ0) is 9.10. The zero-order valence-electron chi connectivity index (χ0n) is 6.56. The highest BCUT2D eigenvalue weighted by atomic mass is 32.1. The van der Waals surface area contributed by atoms with Gasteiger partial charge in [-0.25, -0.2) is 9.78 Å². The van der Waals surface area contributed by atoms with E-state index < -0.39 is 0 Å². The number of carbonyl (C=O) groups is 1. The van der Waals surface area contributed by atoms with Crippen LogP contribution in [-0.4, -0.2) is 15.9 Å². The number of ether oxygens (including phenoxy) is 1. The van der Waals surface area contributed by atoms with Gasteiger partial charge in [-0.15, -0.1) is 11.3 Å². The Morgan fingerprint density at radius 2 is 2.54 bits per heavy atom. The number of aromatic amines is 1. The van der Waals surface area contributed by atoms with Crippen LogP contribution < -0.4 is 4.74 Å². The number of nitrogens with one attached hydrogen (secondary N) is 1. The molecule has 0 aliphatic rings. The minimum absolute atomic E-state index is 0.360. The van der Waals surface area contributed by atoms with E-state index in [0.29, 0.717) is 10.8 Å². The molecule has 2 aromatic heterocycles. The van der Waals surface area contributed by atoms with Gasteiger partial charge in [0.1, 0.15) is 4.88 Å². The molecule has 4 nitrogen and oxygen atoms in total. The third-order valence-electron chi connectivity index (χ3n) is 1.40. The molecule has 13 heavy (non-hydrogen) atoms. The van der Waals surface area contributed by atoms with Gasteiger partial charge in [-0.05, 0) is 11.4 Å². The number of carbonyl (C=O) groups excluding carboxylic acids is 1. The van der Waals surface area contributed by atoms with Gasteiger partial charge in [0.25, 0.3) is 0 Å². The van der Waals surface area contributed by atoms with E-state index in [1.807, 2.05) is 5.38 Å². The lowest BCUT2D eigenvalue weighted by molar-refractivity contribution is 0.0733. The Morgan fingerprint density at radius 1 is 1.62 bits per heavy atom. The number of esters is 1. The molecule has 0 unspecified atom stereocenters. The minimum Gasteiger partial charge on any atom is -0.404 e. The smallest absolute Gasteiger partial charge is 0.355 e. The highest BCUT2D eigenvalue weighted by molar-refractivity contribution is 7.12. The molecule has 2 rings (SSSR count). The molecule has 0 atom stereocenters. The van der Waals surface area contributed by atoms with E-state index in [9.17, 15) is 4.79 Å². The van der Waals surface area contributed by atoms with Crippen LogP contribution in [0.1, 0.15) is 9.67 Å². The second-order valence-electron chi connectivity index (χ2n) is 2.28. The first-order chi connectivity index (χ1) is 6.36. The van der Waals surface area contributed by atoms with Gasteiger partial charge in [0.05, 0.1) is 12.5 Å². The van der Waals surface area contributed by atoms with E-state index in [4.69, 9.17) is 4.74 Å². The molecular weight excluding hydrogens is 188 g/mol. The summed E-state index contributed by atoms with van der Waals surface area (Å²) < 4.78 is 4.95. The number of hydrogen-bond acceptors (Lipinski definition) is 4. The van der Waals surface area contributed by atoms with E-state index in [0.717, 1.165) is 0 Å². The maximum atomic E-state index is 11.3. The molecule has 2 heterocycles. The van der Waals surface area contributed by atoms with E-state index in [2.05, 4.69) is 9.97 Å². The third kappa shape index (κ3) is 1.75. The number of rotatable bonds is 2. The number of nitrogens with zero attached hydrogens (tertiary/aromatic N) is 1. The lowest BCUT2D eigenvalue weighted by atomic mass is 10.5. The summed E-state index contributed by atoms with van der Waals surface area (Å²) in [5, 5.41) is 1.82. The first-order valence-electron chi connectivity index (χ1n) is 3.60. The van der Waals surface area contributed by atoms with E-state index in [1.54, 1.807) is 12.1 Å². The van der Waals surface area contributed by atoms with Crippen molar-refractivity contribution in [1.82, 2.24) is 9.97 Å². The van der Waals surface area contributed by atoms with Crippen LogP contribution in [0.2, 0.25) is 0 Å². The van der Waals surface area contributed by atoms with Gasteiger partial charge in [-0.1, -0.05) is 6.07 Å². The zero-order valence-corrected chi connectivity index (χ0v) is 7.38. The van der Waals surface area contributed by atoms with Crippen molar-refractivity contribution < 1.29 is 9.53 Å². The fourth-order valence-electron chi connectivity index (χ4n) is 0.844. The second kappa shape index (κ2) is 3.40. The van der Waals surface area contributed by atoms with Crippen LogP contribution in [-0.2, 0) is 0 Å². The van der Waals surface area contributed by atoms with Gasteiger partial charge in [0.15, 0.2) is 0 Å². The summed E-state index contributed by atoms with van der Waals surface area (Å²) in [4.78, 5) is 18.3. The Hall–Kier alpha value is -1.62. The third-order valence-corrected chi connectivity index (χ3v) is 2.25. The molecule has 0 saturated carbocycles. The summed E-state index contributed by atoms with van der Waals surface area (Å²) in [5.41, 5.74) is 0. The standard InChI is InChI=1S/C8H6N2O2S/c11-8(6-2-1-3-13-6)12-7-4-9-5-10-7/h1-5H,(H,9,10). The first-order valence-corrected chi connectivity index (χ1v) is 4.48. The van der Waals surface area contributed by atoms with Crippen molar-refractivity contribution >= 4 is 17.3 Å². The topological polar surface area (TPSA) is 55.0 Å². The molecule has 1 N–H and O–H groups in total. The summed E-state index contributed by atoms with van der Waals surface area (Å²) in [5.74, 6) is -0.00218. The number of imidazole rings is 1. The van der Waals surface area contributed by atoms with Gasteiger partial charge < -0.3 is 9.72 Å². The highest BCUT2D eigenvalue weighted by Gasteiger charge is 2.09. The molecule has 0 amide bonds. The van der Waals surface area contributed by atoms with Gasteiger partial charge >= 0.3 is 5.97 Å². The Morgan fingerprint density at radius 3 is 3.15 bits per heavy atom. The van der Waals surface area contributed by atoms with Crippen molar-refractivity contribution in [1.29, 1.82) is 0 Å². The van der Waals surface area contributed by atoms with E-state index in [-0.39, 0.29) is 5.97 Å². The van der Waals surface area contributed by atoms with Crippen LogP contribution in [0.15, 0.2) is 30.0 Å². The molecule has 0 saturated heterocycles. The monoisotopic (exact) mass is 194 g/mol. The van der Waals surface area contributed by atoms with Crippen molar-refractivity contribution in [2.45, 2.75) is 0 Å². The minimum atomic E-state index is -0.362. The Balaban J connectivity index is 2.08. The predicted octanol–water partition coefficient (Wildman–Crippen LogP) is 1.69. The van der Waals surface area contributed by atoms with Crippen LogP contribution in [0, 0.1) is 0 Å². The first kappa shape index (κ1) is 8.00. The predicted molar refractivity (Wildman–Crippen MR) is 47.9 cm³/mol. The summed E-state index contributed by atoms with van der Waals surface area (Å²) in [6.07, 6.45) is 2.91. The lowest BCUT2D eigenvalue weighted by Gasteiger charge is -1.96. The van der Waals surface area contributed by atoms with Crippen LogP contribution in [0.3, 0.4) is 0 Å². The molecule has 0 aliphatic carbocycles.